The first kappa shape index (κ1) is 19.2. The minimum Gasteiger partial charge on any atom is -0.485 e. The van der Waals surface area contributed by atoms with Crippen molar-refractivity contribution in [3.05, 3.63) is 52.8 Å². The monoisotopic (exact) mass is 412 g/mol. The molecule has 0 radical (unpaired) electrons. The topological polar surface area (TPSA) is 79.1 Å². The van der Waals surface area contributed by atoms with Gasteiger partial charge in [0.15, 0.2) is 16.3 Å². The molecule has 29 heavy (non-hydrogen) atoms. The van der Waals surface area contributed by atoms with Crippen LogP contribution in [0.25, 0.3) is 10.2 Å². The average molecular weight is 412 g/mol. The molecule has 1 amide bonds. The van der Waals surface area contributed by atoms with Crippen LogP contribution >= 0.6 is 11.3 Å². The number of amides is 1. The van der Waals surface area contributed by atoms with Gasteiger partial charge < -0.3 is 18.8 Å². The van der Waals surface area contributed by atoms with E-state index in [2.05, 4.69) is 4.99 Å². The number of para-hydroxylation sites is 3. The summed E-state index contributed by atoms with van der Waals surface area (Å²) in [5, 5.41) is 0. The second-order valence-corrected chi connectivity index (χ2v) is 7.52. The van der Waals surface area contributed by atoms with Crippen LogP contribution in [0.15, 0.2) is 47.5 Å². The quantitative estimate of drug-likeness (QED) is 0.616. The van der Waals surface area contributed by atoms with Crippen LogP contribution in [0.5, 0.6) is 11.5 Å². The first-order valence-electron chi connectivity index (χ1n) is 9.28. The molecule has 0 N–H and O–H groups in total. The highest BCUT2D eigenvalue weighted by molar-refractivity contribution is 7.16. The zero-order valence-corrected chi connectivity index (χ0v) is 16.9. The van der Waals surface area contributed by atoms with Crippen LogP contribution < -0.4 is 14.3 Å². The smallest absolute Gasteiger partial charge is 0.326 e. The van der Waals surface area contributed by atoms with Crippen molar-refractivity contribution in [3.8, 4) is 11.5 Å². The van der Waals surface area contributed by atoms with Gasteiger partial charge in [-0.3, -0.25) is 9.59 Å². The van der Waals surface area contributed by atoms with Gasteiger partial charge in [-0.25, -0.2) is 0 Å². The van der Waals surface area contributed by atoms with Crippen molar-refractivity contribution >= 4 is 33.4 Å². The van der Waals surface area contributed by atoms with E-state index in [-0.39, 0.29) is 19.1 Å². The summed E-state index contributed by atoms with van der Waals surface area (Å²) in [5.41, 5.74) is 1.85. The van der Waals surface area contributed by atoms with Crippen LogP contribution in [-0.2, 0) is 20.9 Å². The highest BCUT2D eigenvalue weighted by Gasteiger charge is 2.27. The minimum absolute atomic E-state index is 0.0182. The van der Waals surface area contributed by atoms with Gasteiger partial charge in [0.25, 0.3) is 5.91 Å². The van der Waals surface area contributed by atoms with Crippen molar-refractivity contribution in [2.24, 2.45) is 4.99 Å². The number of carbonyl (C=O) groups is 2. The van der Waals surface area contributed by atoms with Gasteiger partial charge in [0.1, 0.15) is 13.2 Å². The Kier molecular flexibility index (Phi) is 5.35. The molecule has 0 unspecified atom stereocenters. The lowest BCUT2D eigenvalue weighted by molar-refractivity contribution is -0.143. The van der Waals surface area contributed by atoms with Crippen molar-refractivity contribution in [1.82, 2.24) is 4.57 Å². The number of esters is 1. The lowest BCUT2D eigenvalue weighted by Crippen LogP contribution is -2.37. The number of nitrogens with zero attached hydrogens (tertiary/aromatic N) is 2. The van der Waals surface area contributed by atoms with E-state index in [4.69, 9.17) is 14.2 Å². The zero-order valence-electron chi connectivity index (χ0n) is 16.1. The Morgan fingerprint density at radius 2 is 2.00 bits per heavy atom. The summed E-state index contributed by atoms with van der Waals surface area (Å²) in [6, 6.07) is 13.0. The molecule has 0 saturated carbocycles. The van der Waals surface area contributed by atoms with Gasteiger partial charge in [-0.1, -0.05) is 35.6 Å². The highest BCUT2D eigenvalue weighted by Crippen LogP contribution is 2.31. The first-order chi connectivity index (χ1) is 14.1. The molecule has 0 spiro atoms. The SMILES string of the molecule is CCOC(=O)Cn1c(=NC(=O)[C@@H]2COc3ccccc3O2)sc2cccc(C)c21. The predicted octanol–water partition coefficient (Wildman–Crippen LogP) is 2.84. The maximum absolute atomic E-state index is 12.8. The Morgan fingerprint density at radius 1 is 1.21 bits per heavy atom. The molecule has 1 aromatic heterocycles. The highest BCUT2D eigenvalue weighted by atomic mass is 32.1. The van der Waals surface area contributed by atoms with Gasteiger partial charge in [-0.15, -0.1) is 0 Å². The number of hydrogen-bond acceptors (Lipinski definition) is 6. The van der Waals surface area contributed by atoms with Crippen molar-refractivity contribution < 1.29 is 23.8 Å². The van der Waals surface area contributed by atoms with Crippen molar-refractivity contribution in [2.75, 3.05) is 13.2 Å². The maximum atomic E-state index is 12.8. The molecule has 1 aliphatic heterocycles. The molecule has 150 valence electrons. The Labute approximate surface area is 171 Å². The zero-order chi connectivity index (χ0) is 20.4. The van der Waals surface area contributed by atoms with E-state index in [1.165, 1.54) is 11.3 Å². The number of aryl methyl sites for hydroxylation is 1. The molecule has 1 aliphatic rings. The second kappa shape index (κ2) is 8.08. The maximum Gasteiger partial charge on any atom is 0.326 e. The number of hydrogen-bond donors (Lipinski definition) is 0. The summed E-state index contributed by atoms with van der Waals surface area (Å²) in [7, 11) is 0. The normalized spacial score (nSPS) is 16.1. The number of carbonyl (C=O) groups excluding carboxylic acids is 2. The lowest BCUT2D eigenvalue weighted by atomic mass is 10.2. The predicted molar refractivity (Wildman–Crippen MR) is 108 cm³/mol. The molecule has 1 atom stereocenters. The second-order valence-electron chi connectivity index (χ2n) is 6.51. The summed E-state index contributed by atoms with van der Waals surface area (Å²) >= 11 is 1.35. The Balaban J connectivity index is 1.71. The summed E-state index contributed by atoms with van der Waals surface area (Å²) in [4.78, 5) is 29.6. The number of benzene rings is 2. The van der Waals surface area contributed by atoms with Gasteiger partial charge >= 0.3 is 5.97 Å². The van der Waals surface area contributed by atoms with Gasteiger partial charge in [0.2, 0.25) is 6.10 Å². The Morgan fingerprint density at radius 3 is 2.79 bits per heavy atom. The third-order valence-corrected chi connectivity index (χ3v) is 5.53. The Hall–Kier alpha value is -3.13. The van der Waals surface area contributed by atoms with E-state index < -0.39 is 12.0 Å². The van der Waals surface area contributed by atoms with Crippen LogP contribution in [0.3, 0.4) is 0 Å². The molecule has 2 heterocycles. The first-order valence-corrected chi connectivity index (χ1v) is 10.1. The van der Waals surface area contributed by atoms with E-state index in [1.807, 2.05) is 37.3 Å². The number of rotatable bonds is 4. The van der Waals surface area contributed by atoms with Crippen molar-refractivity contribution in [2.45, 2.75) is 26.5 Å². The molecule has 8 heteroatoms. The molecule has 7 nitrogen and oxygen atoms in total. The molecule has 2 aromatic carbocycles. The van der Waals surface area contributed by atoms with Gasteiger partial charge in [0, 0.05) is 0 Å². The van der Waals surface area contributed by atoms with Crippen LogP contribution in [0.4, 0.5) is 0 Å². The molecule has 4 rings (SSSR count). The molecule has 0 aliphatic carbocycles. The fourth-order valence-electron chi connectivity index (χ4n) is 3.18. The minimum atomic E-state index is -0.841. The number of thiazole rings is 1. The van der Waals surface area contributed by atoms with Crippen LogP contribution in [0, 0.1) is 6.92 Å². The number of fused-ring (bicyclic) bond motifs is 2. The van der Waals surface area contributed by atoms with Crippen LogP contribution in [0.1, 0.15) is 12.5 Å². The summed E-state index contributed by atoms with van der Waals surface area (Å²) < 4.78 is 19.1. The molecular formula is C21H20N2O5S. The molecule has 0 fully saturated rings. The van der Waals surface area contributed by atoms with E-state index in [0.717, 1.165) is 15.8 Å². The Bertz CT molecular complexity index is 1150. The van der Waals surface area contributed by atoms with Crippen LogP contribution in [-0.4, -0.2) is 35.8 Å². The molecule has 0 bridgehead atoms. The van der Waals surface area contributed by atoms with Gasteiger partial charge in [-0.05, 0) is 37.6 Å². The fourth-order valence-corrected chi connectivity index (χ4v) is 4.30. The van der Waals surface area contributed by atoms with Gasteiger partial charge in [-0.2, -0.15) is 4.99 Å². The van der Waals surface area contributed by atoms with Crippen molar-refractivity contribution in [3.63, 3.8) is 0 Å². The molecule has 3 aromatic rings. The average Bonchev–Trinajstić information content (AvgIpc) is 3.06. The summed E-state index contributed by atoms with van der Waals surface area (Å²) in [5.74, 6) is 0.280. The number of aromatic nitrogens is 1. The lowest BCUT2D eigenvalue weighted by Gasteiger charge is -2.23. The van der Waals surface area contributed by atoms with Gasteiger partial charge in [0.05, 0.1) is 16.8 Å². The third-order valence-electron chi connectivity index (χ3n) is 4.49. The third kappa shape index (κ3) is 3.88. The fraction of sp³-hybridized carbons (Fsp3) is 0.286. The van der Waals surface area contributed by atoms with E-state index >= 15 is 0 Å². The van der Waals surface area contributed by atoms with E-state index in [1.54, 1.807) is 23.6 Å². The summed E-state index contributed by atoms with van der Waals surface area (Å²) in [6.07, 6.45) is -0.841. The van der Waals surface area contributed by atoms with E-state index in [0.29, 0.717) is 22.9 Å². The van der Waals surface area contributed by atoms with Crippen LogP contribution in [0.2, 0.25) is 0 Å². The van der Waals surface area contributed by atoms with E-state index in [9.17, 15) is 9.59 Å². The largest absolute Gasteiger partial charge is 0.485 e. The number of ether oxygens (including phenoxy) is 3. The van der Waals surface area contributed by atoms with Crippen molar-refractivity contribution in [1.29, 1.82) is 0 Å². The summed E-state index contributed by atoms with van der Waals surface area (Å²) in [6.45, 7) is 4.07. The standard InChI is InChI=1S/C21H20N2O5S/c1-3-26-18(24)11-23-19-13(2)7-6-10-17(19)29-21(23)22-20(25)16-12-27-14-8-4-5-9-15(14)28-16/h4-10,16H,3,11-12H2,1-2H3/t16-/m0/s1. The molecular weight excluding hydrogens is 392 g/mol. The molecule has 0 saturated heterocycles.